The maximum atomic E-state index is 6.79. The van der Waals surface area contributed by atoms with E-state index in [1.165, 1.54) is 65.7 Å². The minimum absolute atomic E-state index is 0.223. The Morgan fingerprint density at radius 2 is 0.827 bits per heavy atom. The van der Waals surface area contributed by atoms with Gasteiger partial charge in [-0.05, 0) is 163 Å². The van der Waals surface area contributed by atoms with Gasteiger partial charge in [0.15, 0.2) is 11.2 Å². The number of fused-ring (bicyclic) bond motifs is 15. The molecule has 0 bridgehead atoms. The number of rotatable bonds is 6. The van der Waals surface area contributed by atoms with Crippen LogP contribution in [0.5, 0.6) is 0 Å². The van der Waals surface area contributed by atoms with Crippen LogP contribution in [0.25, 0.3) is 87.3 Å². The molecular weight excluding hydrogens is 913 g/mol. The van der Waals surface area contributed by atoms with Gasteiger partial charge in [0.25, 0.3) is 0 Å². The fourth-order valence-corrected chi connectivity index (χ4v) is 14.0. The Labute approximate surface area is 438 Å². The van der Waals surface area contributed by atoms with Crippen LogP contribution < -0.4 is 9.80 Å². The summed E-state index contributed by atoms with van der Waals surface area (Å²) in [6, 6.07) is 75.7. The van der Waals surface area contributed by atoms with Gasteiger partial charge in [-0.3, -0.25) is 0 Å². The van der Waals surface area contributed by atoms with E-state index in [1.54, 1.807) is 0 Å². The van der Waals surface area contributed by atoms with Crippen molar-refractivity contribution in [2.45, 2.75) is 60.8 Å². The Morgan fingerprint density at radius 3 is 1.39 bits per heavy atom. The number of hydrogen-bond acceptors (Lipinski definition) is 4. The van der Waals surface area contributed by atoms with Crippen LogP contribution in [0.15, 0.2) is 215 Å². The van der Waals surface area contributed by atoms with E-state index in [1.807, 2.05) is 6.07 Å². The first-order chi connectivity index (χ1) is 36.3. The van der Waals surface area contributed by atoms with Crippen molar-refractivity contribution >= 4 is 110 Å². The molecule has 2 heterocycles. The molecule has 0 aliphatic heterocycles. The summed E-state index contributed by atoms with van der Waals surface area (Å²) in [7, 11) is 0. The Balaban J connectivity index is 1.02. The van der Waals surface area contributed by atoms with Gasteiger partial charge in [-0.1, -0.05) is 175 Å². The third kappa shape index (κ3) is 6.42. The second-order valence-electron chi connectivity index (χ2n) is 23.0. The van der Waals surface area contributed by atoms with Gasteiger partial charge in [0.05, 0.1) is 11.4 Å². The Kier molecular flexibility index (Phi) is 9.73. The van der Waals surface area contributed by atoms with Gasteiger partial charge in [0.2, 0.25) is 0 Å². The van der Waals surface area contributed by atoms with Crippen LogP contribution in [-0.2, 0) is 5.41 Å². The molecule has 0 fully saturated rings. The number of anilines is 6. The molecule has 1 aliphatic rings. The number of furan rings is 2. The van der Waals surface area contributed by atoms with Crippen LogP contribution in [0.2, 0.25) is 0 Å². The predicted molar refractivity (Wildman–Crippen MR) is 317 cm³/mol. The zero-order chi connectivity index (χ0) is 51.1. The third-order valence-corrected chi connectivity index (χ3v) is 16.7. The molecule has 11 aromatic carbocycles. The molecule has 4 heteroatoms. The number of aryl methyl sites for hydroxylation is 2. The fraction of sp³-hybridized carbons (Fsp3) is 0.155. The van der Waals surface area contributed by atoms with Crippen molar-refractivity contribution in [3.05, 3.63) is 229 Å². The smallest absolute Gasteiger partial charge is 0.159 e. The van der Waals surface area contributed by atoms with E-state index in [-0.39, 0.29) is 10.8 Å². The van der Waals surface area contributed by atoms with E-state index in [9.17, 15) is 0 Å². The topological polar surface area (TPSA) is 32.8 Å². The van der Waals surface area contributed by atoms with E-state index < -0.39 is 5.41 Å². The summed E-state index contributed by atoms with van der Waals surface area (Å²) in [5, 5.41) is 11.9. The van der Waals surface area contributed by atoms with Gasteiger partial charge in [0.1, 0.15) is 11.2 Å². The van der Waals surface area contributed by atoms with Crippen LogP contribution in [0.1, 0.15) is 63.8 Å². The van der Waals surface area contributed by atoms with Gasteiger partial charge in [-0.15, -0.1) is 0 Å². The largest absolute Gasteiger partial charge is 0.454 e. The molecule has 0 saturated heterocycles. The van der Waals surface area contributed by atoms with Crippen LogP contribution in [0.3, 0.4) is 0 Å². The SMILES string of the molecule is Cc1ccccc1N(c1ccc2cc3c(cc2c1)C(C(C)(C)C)(C(C)(C)C)c1c-3c2ccccc2c2cc(N(c3ccccc3C)c3cccc4c3oc3ccccc34)ccc12)c1cccc2c1oc1ccccc12. The van der Waals surface area contributed by atoms with Gasteiger partial charge >= 0.3 is 0 Å². The second kappa shape index (κ2) is 16.2. The van der Waals surface area contributed by atoms with Crippen LogP contribution in [0.4, 0.5) is 34.1 Å². The maximum absolute atomic E-state index is 6.79. The summed E-state index contributed by atoms with van der Waals surface area (Å²) in [4.78, 5) is 4.81. The minimum Gasteiger partial charge on any atom is -0.454 e. The third-order valence-electron chi connectivity index (χ3n) is 16.7. The molecule has 1 aliphatic carbocycles. The summed E-state index contributed by atoms with van der Waals surface area (Å²) in [5.74, 6) is 0. The molecule has 75 heavy (non-hydrogen) atoms. The molecule has 0 atom stereocenters. The first-order valence-electron chi connectivity index (χ1n) is 26.4. The molecule has 0 amide bonds. The van der Waals surface area contributed by atoms with Gasteiger partial charge < -0.3 is 18.6 Å². The van der Waals surface area contributed by atoms with E-state index >= 15 is 0 Å². The van der Waals surface area contributed by atoms with Crippen molar-refractivity contribution in [3.8, 4) is 11.1 Å². The van der Waals surface area contributed by atoms with E-state index in [0.29, 0.717) is 0 Å². The highest BCUT2D eigenvalue weighted by Gasteiger charge is 2.59. The summed E-state index contributed by atoms with van der Waals surface area (Å²) in [5.41, 5.74) is 16.9. The molecule has 364 valence electrons. The molecule has 0 saturated carbocycles. The highest BCUT2D eigenvalue weighted by Crippen LogP contribution is 2.68. The summed E-state index contributed by atoms with van der Waals surface area (Å²) < 4.78 is 13.5. The monoisotopic (exact) mass is 970 g/mol. The lowest BCUT2D eigenvalue weighted by Crippen LogP contribution is -2.50. The zero-order valence-corrected chi connectivity index (χ0v) is 43.8. The Hall–Kier alpha value is -8.60. The molecule has 13 aromatic rings. The van der Waals surface area contributed by atoms with Crippen LogP contribution >= 0.6 is 0 Å². The summed E-state index contributed by atoms with van der Waals surface area (Å²) in [6.45, 7) is 19.2. The first kappa shape index (κ1) is 45.0. The number of para-hydroxylation sites is 6. The van der Waals surface area contributed by atoms with Gasteiger partial charge in [-0.2, -0.15) is 0 Å². The molecule has 4 nitrogen and oxygen atoms in total. The fourth-order valence-electron chi connectivity index (χ4n) is 14.0. The first-order valence-corrected chi connectivity index (χ1v) is 26.4. The van der Waals surface area contributed by atoms with Gasteiger partial charge in [0, 0.05) is 49.7 Å². The minimum atomic E-state index is -0.427. The molecule has 0 unspecified atom stereocenters. The maximum Gasteiger partial charge on any atom is 0.159 e. The zero-order valence-electron chi connectivity index (χ0n) is 43.8. The second-order valence-corrected chi connectivity index (χ2v) is 23.0. The Bertz CT molecular complexity index is 4480. The quantitative estimate of drug-likeness (QED) is 0.155. The van der Waals surface area contributed by atoms with Crippen molar-refractivity contribution in [1.82, 2.24) is 0 Å². The van der Waals surface area contributed by atoms with Gasteiger partial charge in [-0.25, -0.2) is 0 Å². The van der Waals surface area contributed by atoms with E-state index in [4.69, 9.17) is 8.83 Å². The van der Waals surface area contributed by atoms with Crippen molar-refractivity contribution in [2.24, 2.45) is 10.8 Å². The molecule has 14 rings (SSSR count). The standard InChI is InChI=1S/C71H58N2O2/c1-43-21-9-15-29-59(43)72(61-31-19-27-54-50-24-13-17-33-63(50)74-67(54)61)47-36-35-45-40-57-58(41-46(45)39-47)71(69(3,4)5,70(6,7)8)66-53-38-37-48(42-56(53)49-23-11-12-26-52(49)65(57)66)73(60-30-16-10-22-44(60)2)62-32-20-28-55-51-25-14-18-34-64(51)75-68(55)62/h9-42H,1-8H3. The lowest BCUT2D eigenvalue weighted by atomic mass is 9.49. The number of benzene rings is 11. The highest BCUT2D eigenvalue weighted by atomic mass is 16.3. The molecule has 2 aromatic heterocycles. The molecule has 0 N–H and O–H groups in total. The molecule has 0 radical (unpaired) electrons. The Morgan fingerprint density at radius 1 is 0.360 bits per heavy atom. The van der Waals surface area contributed by atoms with Crippen molar-refractivity contribution in [1.29, 1.82) is 0 Å². The normalized spacial score (nSPS) is 13.4. The van der Waals surface area contributed by atoms with Crippen LogP contribution in [0, 0.1) is 24.7 Å². The molecular formula is C71H58N2O2. The number of nitrogens with zero attached hydrogens (tertiary/aromatic N) is 2. The summed E-state index contributed by atoms with van der Waals surface area (Å²) >= 11 is 0. The van der Waals surface area contributed by atoms with Crippen molar-refractivity contribution in [2.75, 3.05) is 9.80 Å². The van der Waals surface area contributed by atoms with E-state index in [0.717, 1.165) is 78.0 Å². The average molecular weight is 971 g/mol. The van der Waals surface area contributed by atoms with E-state index in [2.05, 4.69) is 265 Å². The average Bonchev–Trinajstić information content (AvgIpc) is 4.18. The number of hydrogen-bond donors (Lipinski definition) is 0. The van der Waals surface area contributed by atoms with Crippen molar-refractivity contribution < 1.29 is 8.83 Å². The summed E-state index contributed by atoms with van der Waals surface area (Å²) in [6.07, 6.45) is 0. The van der Waals surface area contributed by atoms with Crippen LogP contribution in [-0.4, -0.2) is 0 Å². The lowest BCUT2D eigenvalue weighted by molar-refractivity contribution is 0.0965. The van der Waals surface area contributed by atoms with Crippen molar-refractivity contribution in [3.63, 3.8) is 0 Å². The molecule has 0 spiro atoms. The lowest BCUT2D eigenvalue weighted by Gasteiger charge is -2.53. The predicted octanol–water partition coefficient (Wildman–Crippen LogP) is 20.9. The highest BCUT2D eigenvalue weighted by molar-refractivity contribution is 6.21.